The van der Waals surface area contributed by atoms with Crippen LogP contribution in [0.4, 0.5) is 0 Å². The van der Waals surface area contributed by atoms with E-state index in [9.17, 15) is 0 Å². The molecule has 0 spiro atoms. The Balaban J connectivity index is 1.42. The number of hydrogen-bond acceptors (Lipinski definition) is 4. The van der Waals surface area contributed by atoms with Crippen molar-refractivity contribution in [1.29, 1.82) is 0 Å². The Labute approximate surface area is 113 Å². The second-order valence-electron chi connectivity index (χ2n) is 5.54. The standard InChI is InChI=1S/C15H20O4/c1-15(2)18-13-8-12(17-14(13)19-15)10-16-9-11-6-4-3-5-7-11/h3-7,12-14H,8-10H2,1-2H3/t12-,13-,14-/m1/s1. The molecule has 0 aliphatic carbocycles. The van der Waals surface area contributed by atoms with Crippen molar-refractivity contribution in [2.24, 2.45) is 0 Å². The molecule has 4 heteroatoms. The maximum Gasteiger partial charge on any atom is 0.187 e. The lowest BCUT2D eigenvalue weighted by Crippen LogP contribution is -2.26. The van der Waals surface area contributed by atoms with E-state index in [1.165, 1.54) is 5.56 Å². The van der Waals surface area contributed by atoms with Crippen molar-refractivity contribution in [2.45, 2.75) is 51.2 Å². The molecule has 1 aromatic rings. The van der Waals surface area contributed by atoms with Gasteiger partial charge in [-0.15, -0.1) is 0 Å². The van der Waals surface area contributed by atoms with E-state index in [-0.39, 0.29) is 18.5 Å². The predicted molar refractivity (Wildman–Crippen MR) is 69.4 cm³/mol. The van der Waals surface area contributed by atoms with Crippen molar-refractivity contribution in [3.05, 3.63) is 35.9 Å². The van der Waals surface area contributed by atoms with E-state index in [2.05, 4.69) is 12.1 Å². The summed E-state index contributed by atoms with van der Waals surface area (Å²) >= 11 is 0. The number of benzene rings is 1. The summed E-state index contributed by atoms with van der Waals surface area (Å²) in [5.74, 6) is -0.523. The highest BCUT2D eigenvalue weighted by molar-refractivity contribution is 5.13. The summed E-state index contributed by atoms with van der Waals surface area (Å²) in [7, 11) is 0. The Morgan fingerprint density at radius 3 is 2.74 bits per heavy atom. The van der Waals surface area contributed by atoms with Crippen LogP contribution in [0.15, 0.2) is 30.3 Å². The molecule has 1 aromatic carbocycles. The normalized spacial score (nSPS) is 32.4. The summed E-state index contributed by atoms with van der Waals surface area (Å²) in [4.78, 5) is 0. The van der Waals surface area contributed by atoms with Gasteiger partial charge in [0.2, 0.25) is 0 Å². The van der Waals surface area contributed by atoms with Crippen molar-refractivity contribution in [3.8, 4) is 0 Å². The van der Waals surface area contributed by atoms with E-state index in [0.29, 0.717) is 13.2 Å². The summed E-state index contributed by atoms with van der Waals surface area (Å²) < 4.78 is 22.9. The highest BCUT2D eigenvalue weighted by Crippen LogP contribution is 2.37. The molecule has 3 rings (SSSR count). The predicted octanol–water partition coefficient (Wildman–Crippen LogP) is 2.47. The minimum atomic E-state index is -0.523. The second-order valence-corrected chi connectivity index (χ2v) is 5.54. The lowest BCUT2D eigenvalue weighted by molar-refractivity contribution is -0.209. The monoisotopic (exact) mass is 264 g/mol. The number of ether oxygens (including phenoxy) is 4. The first-order valence-electron chi connectivity index (χ1n) is 6.75. The van der Waals surface area contributed by atoms with Crippen LogP contribution in [0.1, 0.15) is 25.8 Å². The molecule has 0 N–H and O–H groups in total. The van der Waals surface area contributed by atoms with Gasteiger partial charge < -0.3 is 18.9 Å². The Kier molecular flexibility index (Phi) is 3.58. The molecule has 3 atom stereocenters. The largest absolute Gasteiger partial charge is 0.374 e. The third-order valence-corrected chi connectivity index (χ3v) is 3.38. The van der Waals surface area contributed by atoms with E-state index in [1.807, 2.05) is 32.0 Å². The van der Waals surface area contributed by atoms with Crippen LogP contribution in [-0.2, 0) is 25.6 Å². The van der Waals surface area contributed by atoms with Gasteiger partial charge >= 0.3 is 0 Å². The average molecular weight is 264 g/mol. The minimum absolute atomic E-state index is 0.0420. The molecule has 2 fully saturated rings. The maximum absolute atomic E-state index is 5.79. The molecule has 104 valence electrons. The molecule has 0 bridgehead atoms. The quantitative estimate of drug-likeness (QED) is 0.837. The highest BCUT2D eigenvalue weighted by Gasteiger charge is 2.48. The van der Waals surface area contributed by atoms with E-state index in [1.54, 1.807) is 0 Å². The summed E-state index contributed by atoms with van der Waals surface area (Å²) in [5.41, 5.74) is 1.18. The van der Waals surface area contributed by atoms with Crippen molar-refractivity contribution < 1.29 is 18.9 Å². The van der Waals surface area contributed by atoms with E-state index >= 15 is 0 Å². The van der Waals surface area contributed by atoms with Crippen LogP contribution in [0.5, 0.6) is 0 Å². The molecule has 4 nitrogen and oxygen atoms in total. The smallest absolute Gasteiger partial charge is 0.187 e. The second kappa shape index (κ2) is 5.21. The first-order chi connectivity index (χ1) is 9.12. The maximum atomic E-state index is 5.79. The zero-order valence-electron chi connectivity index (χ0n) is 11.4. The molecule has 2 heterocycles. The summed E-state index contributed by atoms with van der Waals surface area (Å²) in [6, 6.07) is 10.1. The Bertz CT molecular complexity index is 401. The van der Waals surface area contributed by atoms with Gasteiger partial charge in [0.15, 0.2) is 12.1 Å². The third kappa shape index (κ3) is 3.15. The van der Waals surface area contributed by atoms with Gasteiger partial charge in [-0.25, -0.2) is 0 Å². The third-order valence-electron chi connectivity index (χ3n) is 3.38. The molecule has 0 amide bonds. The summed E-state index contributed by atoms with van der Waals surface area (Å²) in [6.45, 7) is 5.02. The first kappa shape index (κ1) is 13.1. The van der Waals surface area contributed by atoms with Gasteiger partial charge in [-0.2, -0.15) is 0 Å². The molecular weight excluding hydrogens is 244 g/mol. The van der Waals surface area contributed by atoms with Gasteiger partial charge in [0, 0.05) is 6.42 Å². The van der Waals surface area contributed by atoms with Crippen molar-refractivity contribution >= 4 is 0 Å². The lowest BCUT2D eigenvalue weighted by atomic mass is 10.2. The van der Waals surface area contributed by atoms with Crippen LogP contribution in [0.25, 0.3) is 0 Å². The van der Waals surface area contributed by atoms with Gasteiger partial charge in [-0.1, -0.05) is 30.3 Å². The molecular formula is C15H20O4. The SMILES string of the molecule is CC1(C)O[C@H]2O[C@@H](COCc3ccccc3)C[C@H]2O1. The van der Waals surface area contributed by atoms with Crippen molar-refractivity contribution in [1.82, 2.24) is 0 Å². The van der Waals surface area contributed by atoms with Crippen LogP contribution >= 0.6 is 0 Å². The fourth-order valence-corrected chi connectivity index (χ4v) is 2.57. The molecule has 0 aromatic heterocycles. The van der Waals surface area contributed by atoms with E-state index in [0.717, 1.165) is 6.42 Å². The fourth-order valence-electron chi connectivity index (χ4n) is 2.57. The minimum Gasteiger partial charge on any atom is -0.374 e. The van der Waals surface area contributed by atoms with E-state index in [4.69, 9.17) is 18.9 Å². The van der Waals surface area contributed by atoms with E-state index < -0.39 is 5.79 Å². The summed E-state index contributed by atoms with van der Waals surface area (Å²) in [5, 5.41) is 0. The zero-order valence-corrected chi connectivity index (χ0v) is 11.4. The van der Waals surface area contributed by atoms with Gasteiger partial charge in [0.05, 0.1) is 19.3 Å². The Morgan fingerprint density at radius 2 is 2.00 bits per heavy atom. The molecule has 2 saturated heterocycles. The molecule has 0 radical (unpaired) electrons. The number of fused-ring (bicyclic) bond motifs is 1. The Hall–Kier alpha value is -0.940. The number of hydrogen-bond donors (Lipinski definition) is 0. The molecule has 0 saturated carbocycles. The zero-order chi connectivity index (χ0) is 13.3. The molecule has 2 aliphatic heterocycles. The molecule has 0 unspecified atom stereocenters. The van der Waals surface area contributed by atoms with Gasteiger partial charge in [-0.3, -0.25) is 0 Å². The van der Waals surface area contributed by atoms with Gasteiger partial charge in [0.25, 0.3) is 0 Å². The average Bonchev–Trinajstić information content (AvgIpc) is 2.83. The van der Waals surface area contributed by atoms with Crippen molar-refractivity contribution in [2.75, 3.05) is 6.61 Å². The topological polar surface area (TPSA) is 36.9 Å². The number of rotatable bonds is 4. The highest BCUT2D eigenvalue weighted by atomic mass is 16.8. The fraction of sp³-hybridized carbons (Fsp3) is 0.600. The Morgan fingerprint density at radius 1 is 1.21 bits per heavy atom. The van der Waals surface area contributed by atoms with Crippen molar-refractivity contribution in [3.63, 3.8) is 0 Å². The van der Waals surface area contributed by atoms with Crippen LogP contribution in [0.2, 0.25) is 0 Å². The molecule has 19 heavy (non-hydrogen) atoms. The molecule has 2 aliphatic rings. The van der Waals surface area contributed by atoms with Crippen LogP contribution in [0.3, 0.4) is 0 Å². The van der Waals surface area contributed by atoms with Gasteiger partial charge in [-0.05, 0) is 19.4 Å². The summed E-state index contributed by atoms with van der Waals surface area (Å²) in [6.07, 6.45) is 0.707. The van der Waals surface area contributed by atoms with Crippen LogP contribution in [-0.4, -0.2) is 30.9 Å². The first-order valence-corrected chi connectivity index (χ1v) is 6.75. The van der Waals surface area contributed by atoms with Gasteiger partial charge in [0.1, 0.15) is 6.10 Å². The lowest BCUT2D eigenvalue weighted by Gasteiger charge is -2.20. The van der Waals surface area contributed by atoms with Crippen LogP contribution in [0, 0.1) is 0 Å². The van der Waals surface area contributed by atoms with Crippen LogP contribution < -0.4 is 0 Å².